The van der Waals surface area contributed by atoms with Crippen LogP contribution in [0, 0.1) is 0 Å². The van der Waals surface area contributed by atoms with E-state index >= 15 is 0 Å². The van der Waals surface area contributed by atoms with Crippen LogP contribution in [-0.4, -0.2) is 57.2 Å². The number of hydrogen-bond donors (Lipinski definition) is 1. The summed E-state index contributed by atoms with van der Waals surface area (Å²) in [5.41, 5.74) is 3.69. The molecule has 35 heavy (non-hydrogen) atoms. The number of nitrogens with zero attached hydrogens (tertiary/aromatic N) is 4. The first-order valence-electron chi connectivity index (χ1n) is 12.7. The fourth-order valence-corrected chi connectivity index (χ4v) is 4.85. The average Bonchev–Trinajstić information content (AvgIpc) is 2.89. The topological polar surface area (TPSA) is 61.7 Å². The lowest BCUT2D eigenvalue weighted by Crippen LogP contribution is -2.38. The van der Waals surface area contributed by atoms with Crippen molar-refractivity contribution in [2.45, 2.75) is 45.9 Å². The van der Waals surface area contributed by atoms with Gasteiger partial charge in [0.25, 0.3) is 0 Å². The maximum atomic E-state index is 10.5. The summed E-state index contributed by atoms with van der Waals surface area (Å²) >= 11 is 0. The van der Waals surface area contributed by atoms with E-state index in [9.17, 15) is 5.11 Å². The Morgan fingerprint density at radius 2 is 1.49 bits per heavy atom. The molecular formula is C29H34N4O2. The van der Waals surface area contributed by atoms with Gasteiger partial charge in [-0.15, -0.1) is 0 Å². The Bertz CT molecular complexity index is 1300. The number of pyridine rings is 2. The fourth-order valence-electron chi connectivity index (χ4n) is 4.85. The summed E-state index contributed by atoms with van der Waals surface area (Å²) in [6, 6.07) is 20.1. The summed E-state index contributed by atoms with van der Waals surface area (Å²) in [4.78, 5) is 14.4. The Labute approximate surface area is 207 Å². The number of ether oxygens (including phenoxy) is 1. The number of piperidine rings is 1. The van der Waals surface area contributed by atoms with Crippen LogP contribution >= 0.6 is 0 Å². The van der Waals surface area contributed by atoms with Crippen LogP contribution in [-0.2, 0) is 13.1 Å². The number of para-hydroxylation sites is 2. The Balaban J connectivity index is 1.27. The van der Waals surface area contributed by atoms with Crippen molar-refractivity contribution < 1.29 is 9.84 Å². The Morgan fingerprint density at radius 3 is 2.14 bits per heavy atom. The van der Waals surface area contributed by atoms with E-state index in [0.717, 1.165) is 84.5 Å². The van der Waals surface area contributed by atoms with E-state index < -0.39 is 0 Å². The standard InChI is InChI=1S/C29H34N4O2/c1-3-32(4-2)20-27-29(18-22-10-6-8-12-25(22)31-27)35-23-13-15-33(16-14-23)19-26-28(34)17-21-9-5-7-11-24(21)30-26/h5-12,17-18,23,34H,3-4,13-16,19-20H2,1-2H3. The molecule has 0 bridgehead atoms. The monoisotopic (exact) mass is 470 g/mol. The Hall–Kier alpha value is -3.22. The van der Waals surface area contributed by atoms with Crippen molar-refractivity contribution >= 4 is 21.8 Å². The highest BCUT2D eigenvalue weighted by Gasteiger charge is 2.23. The first-order chi connectivity index (χ1) is 17.1. The quantitative estimate of drug-likeness (QED) is 0.373. The second kappa shape index (κ2) is 10.6. The zero-order chi connectivity index (χ0) is 24.2. The second-order valence-electron chi connectivity index (χ2n) is 9.33. The van der Waals surface area contributed by atoms with Crippen molar-refractivity contribution in [2.24, 2.45) is 0 Å². The van der Waals surface area contributed by atoms with Gasteiger partial charge in [0.2, 0.25) is 0 Å². The van der Waals surface area contributed by atoms with Crippen LogP contribution in [0.5, 0.6) is 11.5 Å². The molecule has 2 aromatic carbocycles. The third-order valence-corrected chi connectivity index (χ3v) is 7.01. The van der Waals surface area contributed by atoms with E-state index in [1.54, 1.807) is 0 Å². The van der Waals surface area contributed by atoms with E-state index in [1.807, 2.05) is 42.5 Å². The SMILES string of the molecule is CCN(CC)Cc1nc2ccccc2cc1OC1CCN(Cc2nc3ccccc3cc2O)CC1. The molecule has 1 fully saturated rings. The molecule has 0 spiro atoms. The van der Waals surface area contributed by atoms with Gasteiger partial charge in [0.05, 0.1) is 22.4 Å². The minimum Gasteiger partial charge on any atom is -0.506 e. The van der Waals surface area contributed by atoms with Gasteiger partial charge in [-0.25, -0.2) is 9.97 Å². The molecule has 4 aromatic rings. The van der Waals surface area contributed by atoms with E-state index in [-0.39, 0.29) is 11.9 Å². The van der Waals surface area contributed by atoms with Crippen LogP contribution in [0.1, 0.15) is 38.1 Å². The van der Waals surface area contributed by atoms with Crippen LogP contribution in [0.2, 0.25) is 0 Å². The number of aromatic hydroxyl groups is 1. The molecule has 0 radical (unpaired) electrons. The molecule has 2 aromatic heterocycles. The molecule has 182 valence electrons. The number of benzene rings is 2. The van der Waals surface area contributed by atoms with Crippen LogP contribution in [0.4, 0.5) is 0 Å². The first-order valence-corrected chi connectivity index (χ1v) is 12.7. The molecule has 1 aliphatic heterocycles. The van der Waals surface area contributed by atoms with E-state index in [2.05, 4.69) is 41.8 Å². The van der Waals surface area contributed by atoms with Crippen molar-refractivity contribution in [1.29, 1.82) is 0 Å². The van der Waals surface area contributed by atoms with Crippen molar-refractivity contribution in [1.82, 2.24) is 19.8 Å². The van der Waals surface area contributed by atoms with Crippen LogP contribution < -0.4 is 4.74 Å². The number of fused-ring (bicyclic) bond motifs is 2. The summed E-state index contributed by atoms with van der Waals surface area (Å²) < 4.78 is 6.58. The van der Waals surface area contributed by atoms with Gasteiger partial charge in [0, 0.05) is 37.0 Å². The molecule has 6 nitrogen and oxygen atoms in total. The van der Waals surface area contributed by atoms with Crippen molar-refractivity contribution in [3.05, 3.63) is 72.1 Å². The zero-order valence-electron chi connectivity index (χ0n) is 20.7. The molecule has 1 N–H and O–H groups in total. The zero-order valence-corrected chi connectivity index (χ0v) is 20.7. The molecule has 5 rings (SSSR count). The second-order valence-corrected chi connectivity index (χ2v) is 9.33. The predicted octanol–water partition coefficient (Wildman–Crippen LogP) is 5.37. The maximum Gasteiger partial charge on any atom is 0.143 e. The van der Waals surface area contributed by atoms with Crippen LogP contribution in [0.25, 0.3) is 21.8 Å². The molecule has 0 unspecified atom stereocenters. The van der Waals surface area contributed by atoms with E-state index in [0.29, 0.717) is 6.54 Å². The molecule has 0 amide bonds. The van der Waals surface area contributed by atoms with Gasteiger partial charge in [-0.3, -0.25) is 9.80 Å². The lowest BCUT2D eigenvalue weighted by Gasteiger charge is -2.32. The molecule has 1 aliphatic rings. The summed E-state index contributed by atoms with van der Waals surface area (Å²) in [5.74, 6) is 1.17. The highest BCUT2D eigenvalue weighted by molar-refractivity contribution is 5.81. The lowest BCUT2D eigenvalue weighted by atomic mass is 10.1. The van der Waals surface area contributed by atoms with Gasteiger partial charge in [-0.2, -0.15) is 0 Å². The molecule has 0 aliphatic carbocycles. The van der Waals surface area contributed by atoms with Crippen molar-refractivity contribution in [3.8, 4) is 11.5 Å². The lowest BCUT2D eigenvalue weighted by molar-refractivity contribution is 0.0938. The van der Waals surface area contributed by atoms with Gasteiger partial charge in [0.1, 0.15) is 17.6 Å². The van der Waals surface area contributed by atoms with Crippen molar-refractivity contribution in [3.63, 3.8) is 0 Å². The average molecular weight is 471 g/mol. The minimum atomic E-state index is 0.155. The van der Waals surface area contributed by atoms with E-state index in [1.165, 1.54) is 0 Å². The number of likely N-dealkylation sites (tertiary alicyclic amines) is 1. The fraction of sp³-hybridized carbons (Fsp3) is 0.379. The molecule has 0 saturated carbocycles. The molecule has 6 heteroatoms. The van der Waals surface area contributed by atoms with Gasteiger partial charge < -0.3 is 9.84 Å². The largest absolute Gasteiger partial charge is 0.506 e. The minimum absolute atomic E-state index is 0.155. The summed E-state index contributed by atoms with van der Waals surface area (Å²) in [6.45, 7) is 9.59. The molecular weight excluding hydrogens is 436 g/mol. The van der Waals surface area contributed by atoms with Gasteiger partial charge in [0.15, 0.2) is 0 Å². The normalized spacial score (nSPS) is 15.3. The van der Waals surface area contributed by atoms with E-state index in [4.69, 9.17) is 14.7 Å². The highest BCUT2D eigenvalue weighted by Crippen LogP contribution is 2.29. The van der Waals surface area contributed by atoms with Crippen molar-refractivity contribution in [2.75, 3.05) is 26.2 Å². The maximum absolute atomic E-state index is 10.5. The smallest absolute Gasteiger partial charge is 0.143 e. The summed E-state index contributed by atoms with van der Waals surface area (Å²) in [5, 5.41) is 12.6. The number of rotatable bonds is 8. The first kappa shape index (κ1) is 23.5. The Morgan fingerprint density at radius 1 is 0.886 bits per heavy atom. The highest BCUT2D eigenvalue weighted by atomic mass is 16.5. The number of hydrogen-bond acceptors (Lipinski definition) is 6. The molecule has 0 atom stereocenters. The Kier molecular flexibility index (Phi) is 7.11. The third kappa shape index (κ3) is 5.39. The summed E-state index contributed by atoms with van der Waals surface area (Å²) in [6.07, 6.45) is 2.03. The van der Waals surface area contributed by atoms with Gasteiger partial charge in [-0.1, -0.05) is 50.2 Å². The molecule has 3 heterocycles. The third-order valence-electron chi connectivity index (χ3n) is 7.01. The molecule has 1 saturated heterocycles. The van der Waals surface area contributed by atoms with Gasteiger partial charge in [-0.05, 0) is 50.2 Å². The summed E-state index contributed by atoms with van der Waals surface area (Å²) in [7, 11) is 0. The van der Waals surface area contributed by atoms with Gasteiger partial charge >= 0.3 is 0 Å². The predicted molar refractivity (Wildman–Crippen MR) is 141 cm³/mol. The van der Waals surface area contributed by atoms with Crippen LogP contribution in [0.3, 0.4) is 0 Å². The number of aromatic nitrogens is 2. The van der Waals surface area contributed by atoms with Crippen LogP contribution in [0.15, 0.2) is 60.7 Å².